The number of aromatic nitrogens is 2. The lowest BCUT2D eigenvalue weighted by molar-refractivity contribution is 0.0947. The molecule has 1 aliphatic heterocycles. The Hall–Kier alpha value is -2.43. The number of para-hydroxylation sites is 1. The summed E-state index contributed by atoms with van der Waals surface area (Å²) in [6.07, 6.45) is 3.42. The molecule has 1 amide bonds. The second-order valence-corrected chi connectivity index (χ2v) is 6.23. The van der Waals surface area contributed by atoms with Gasteiger partial charge in [-0.2, -0.15) is 0 Å². The largest absolute Gasteiger partial charge is 0.351 e. The van der Waals surface area contributed by atoms with Crippen LogP contribution in [0.3, 0.4) is 0 Å². The Morgan fingerprint density at radius 3 is 2.96 bits per heavy atom. The summed E-state index contributed by atoms with van der Waals surface area (Å²) < 4.78 is 0. The predicted octanol–water partition coefficient (Wildman–Crippen LogP) is 2.95. The van der Waals surface area contributed by atoms with Crippen molar-refractivity contribution in [3.05, 3.63) is 47.9 Å². The van der Waals surface area contributed by atoms with Crippen molar-refractivity contribution in [1.29, 1.82) is 0 Å². The van der Waals surface area contributed by atoms with E-state index < -0.39 is 0 Å². The highest BCUT2D eigenvalue weighted by Crippen LogP contribution is 2.32. The molecule has 0 radical (unpaired) electrons. The first-order valence-corrected chi connectivity index (χ1v) is 8.11. The van der Waals surface area contributed by atoms with Gasteiger partial charge in [0.25, 0.3) is 5.91 Å². The zero-order valence-corrected chi connectivity index (χ0v) is 13.6. The minimum atomic E-state index is -0.137. The molecule has 0 saturated carbocycles. The van der Waals surface area contributed by atoms with Gasteiger partial charge < -0.3 is 10.2 Å². The average molecular weight is 310 g/mol. The van der Waals surface area contributed by atoms with Crippen LogP contribution in [-0.2, 0) is 6.42 Å². The predicted molar refractivity (Wildman–Crippen MR) is 91.0 cm³/mol. The van der Waals surface area contributed by atoms with Crippen molar-refractivity contribution in [2.75, 3.05) is 18.0 Å². The molecular weight excluding hydrogens is 288 g/mol. The first kappa shape index (κ1) is 15.5. The standard InChI is InChI=1S/C18H22N4O/c1-13(2)7-9-19-18(23)15-11-17(21-12-20-15)22-10-8-14-5-3-4-6-16(14)22/h3-6,11-13H,7-10H2,1-2H3,(H,19,23). The molecule has 1 aromatic carbocycles. The number of fused-ring (bicyclic) bond motifs is 1. The van der Waals surface area contributed by atoms with E-state index >= 15 is 0 Å². The molecule has 3 rings (SSSR count). The number of carbonyl (C=O) groups excluding carboxylic acids is 1. The van der Waals surface area contributed by atoms with Crippen molar-refractivity contribution in [3.63, 3.8) is 0 Å². The van der Waals surface area contributed by atoms with E-state index in [0.717, 1.165) is 30.9 Å². The van der Waals surface area contributed by atoms with E-state index in [9.17, 15) is 4.79 Å². The topological polar surface area (TPSA) is 58.1 Å². The molecule has 2 aromatic rings. The maximum absolute atomic E-state index is 12.2. The van der Waals surface area contributed by atoms with Crippen LogP contribution < -0.4 is 10.2 Å². The van der Waals surface area contributed by atoms with Gasteiger partial charge in [-0.3, -0.25) is 4.79 Å². The van der Waals surface area contributed by atoms with Crippen molar-refractivity contribution in [3.8, 4) is 0 Å². The van der Waals surface area contributed by atoms with E-state index in [0.29, 0.717) is 18.2 Å². The first-order valence-electron chi connectivity index (χ1n) is 8.11. The zero-order valence-electron chi connectivity index (χ0n) is 13.6. The number of carbonyl (C=O) groups is 1. The SMILES string of the molecule is CC(C)CCNC(=O)c1cc(N2CCc3ccccc32)ncn1. The zero-order chi connectivity index (χ0) is 16.2. The van der Waals surface area contributed by atoms with Gasteiger partial charge in [-0.05, 0) is 30.4 Å². The van der Waals surface area contributed by atoms with Gasteiger partial charge in [0.1, 0.15) is 17.8 Å². The molecule has 0 saturated heterocycles. The van der Waals surface area contributed by atoms with Crippen LogP contribution in [0.5, 0.6) is 0 Å². The van der Waals surface area contributed by atoms with Gasteiger partial charge >= 0.3 is 0 Å². The lowest BCUT2D eigenvalue weighted by atomic mass is 10.1. The molecule has 5 nitrogen and oxygen atoms in total. The maximum atomic E-state index is 12.2. The highest BCUT2D eigenvalue weighted by Gasteiger charge is 2.21. The van der Waals surface area contributed by atoms with Gasteiger partial charge in [-0.1, -0.05) is 32.0 Å². The summed E-state index contributed by atoms with van der Waals surface area (Å²) >= 11 is 0. The molecule has 120 valence electrons. The summed E-state index contributed by atoms with van der Waals surface area (Å²) in [5.41, 5.74) is 2.90. The average Bonchev–Trinajstić information content (AvgIpc) is 2.98. The second-order valence-electron chi connectivity index (χ2n) is 6.23. The van der Waals surface area contributed by atoms with E-state index in [4.69, 9.17) is 0 Å². The third kappa shape index (κ3) is 3.50. The molecule has 23 heavy (non-hydrogen) atoms. The first-order chi connectivity index (χ1) is 11.1. The molecule has 1 N–H and O–H groups in total. The van der Waals surface area contributed by atoms with E-state index in [2.05, 4.69) is 52.2 Å². The Morgan fingerprint density at radius 2 is 2.13 bits per heavy atom. The highest BCUT2D eigenvalue weighted by molar-refractivity contribution is 5.93. The van der Waals surface area contributed by atoms with E-state index in [1.54, 1.807) is 6.07 Å². The quantitative estimate of drug-likeness (QED) is 0.922. The van der Waals surface area contributed by atoms with Gasteiger partial charge in [0.05, 0.1) is 0 Å². The molecule has 0 unspecified atom stereocenters. The number of nitrogens with one attached hydrogen (secondary N) is 1. The van der Waals surface area contributed by atoms with Gasteiger partial charge in [0.2, 0.25) is 0 Å². The molecule has 0 atom stereocenters. The lowest BCUT2D eigenvalue weighted by Gasteiger charge is -2.18. The highest BCUT2D eigenvalue weighted by atomic mass is 16.1. The van der Waals surface area contributed by atoms with E-state index in [1.807, 2.05) is 6.07 Å². The third-order valence-corrected chi connectivity index (χ3v) is 4.06. The van der Waals surface area contributed by atoms with Gasteiger partial charge in [0, 0.05) is 24.8 Å². The summed E-state index contributed by atoms with van der Waals surface area (Å²) in [6.45, 7) is 5.83. The van der Waals surface area contributed by atoms with Crippen LogP contribution in [0.2, 0.25) is 0 Å². The summed E-state index contributed by atoms with van der Waals surface area (Å²) in [7, 11) is 0. The molecule has 1 aliphatic rings. The minimum absolute atomic E-state index is 0.137. The van der Waals surface area contributed by atoms with E-state index in [-0.39, 0.29) is 5.91 Å². The molecule has 0 fully saturated rings. The molecular formula is C18H22N4O. The smallest absolute Gasteiger partial charge is 0.270 e. The molecule has 2 heterocycles. The third-order valence-electron chi connectivity index (χ3n) is 4.06. The number of hydrogen-bond acceptors (Lipinski definition) is 4. The number of anilines is 2. The molecule has 0 aliphatic carbocycles. The fraction of sp³-hybridized carbons (Fsp3) is 0.389. The van der Waals surface area contributed by atoms with Crippen molar-refractivity contribution in [1.82, 2.24) is 15.3 Å². The van der Waals surface area contributed by atoms with Crippen LogP contribution >= 0.6 is 0 Å². The number of amides is 1. The maximum Gasteiger partial charge on any atom is 0.270 e. The lowest BCUT2D eigenvalue weighted by Crippen LogP contribution is -2.26. The summed E-state index contributed by atoms with van der Waals surface area (Å²) in [4.78, 5) is 22.8. The Labute approximate surface area is 136 Å². The minimum Gasteiger partial charge on any atom is -0.351 e. The van der Waals surface area contributed by atoms with Crippen molar-refractivity contribution in [2.24, 2.45) is 5.92 Å². The summed E-state index contributed by atoms with van der Waals surface area (Å²) in [5, 5.41) is 2.92. The van der Waals surface area contributed by atoms with Crippen molar-refractivity contribution in [2.45, 2.75) is 26.7 Å². The van der Waals surface area contributed by atoms with E-state index in [1.165, 1.54) is 11.9 Å². The number of hydrogen-bond donors (Lipinski definition) is 1. The molecule has 0 bridgehead atoms. The Bertz CT molecular complexity index is 699. The molecule has 5 heteroatoms. The normalized spacial score (nSPS) is 13.3. The van der Waals surface area contributed by atoms with Gasteiger partial charge in [-0.15, -0.1) is 0 Å². The van der Waals surface area contributed by atoms with Crippen LogP contribution in [-0.4, -0.2) is 29.0 Å². The fourth-order valence-corrected chi connectivity index (χ4v) is 2.76. The van der Waals surface area contributed by atoms with Crippen molar-refractivity contribution >= 4 is 17.4 Å². The van der Waals surface area contributed by atoms with Crippen LogP contribution in [0.1, 0.15) is 36.3 Å². The van der Waals surface area contributed by atoms with Crippen molar-refractivity contribution < 1.29 is 4.79 Å². The van der Waals surface area contributed by atoms with Gasteiger partial charge in [-0.25, -0.2) is 9.97 Å². The van der Waals surface area contributed by atoms with Gasteiger partial charge in [0.15, 0.2) is 0 Å². The fourth-order valence-electron chi connectivity index (χ4n) is 2.76. The number of nitrogens with zero attached hydrogens (tertiary/aromatic N) is 3. The summed E-state index contributed by atoms with van der Waals surface area (Å²) in [5.74, 6) is 1.21. The second kappa shape index (κ2) is 6.77. The molecule has 1 aromatic heterocycles. The van der Waals surface area contributed by atoms with Crippen LogP contribution in [0, 0.1) is 5.92 Å². The Balaban J connectivity index is 1.75. The monoisotopic (exact) mass is 310 g/mol. The van der Waals surface area contributed by atoms with Crippen LogP contribution in [0.25, 0.3) is 0 Å². The Kier molecular flexibility index (Phi) is 4.55. The number of benzene rings is 1. The van der Waals surface area contributed by atoms with Crippen LogP contribution in [0.4, 0.5) is 11.5 Å². The van der Waals surface area contributed by atoms with Crippen LogP contribution in [0.15, 0.2) is 36.7 Å². The molecule has 0 spiro atoms. The summed E-state index contributed by atoms with van der Waals surface area (Å²) in [6, 6.07) is 10.1. The Morgan fingerprint density at radius 1 is 1.30 bits per heavy atom. The number of rotatable bonds is 5.